The molecule has 11 heteroatoms. The molecular formula is C18H37IN4O5S. The predicted octanol–water partition coefficient (Wildman–Crippen LogP) is 1.29. The monoisotopic (exact) mass is 548 g/mol. The van der Waals surface area contributed by atoms with Crippen LogP contribution in [0.25, 0.3) is 0 Å². The van der Waals surface area contributed by atoms with Crippen LogP contribution in [-0.2, 0) is 24.3 Å². The van der Waals surface area contributed by atoms with E-state index in [9.17, 15) is 13.2 Å². The van der Waals surface area contributed by atoms with Crippen LogP contribution in [0.5, 0.6) is 0 Å². The predicted molar refractivity (Wildman–Crippen MR) is 125 cm³/mol. The first kappa shape index (κ1) is 28.3. The number of nitrogens with one attached hydrogen (secondary N) is 1. The van der Waals surface area contributed by atoms with Crippen LogP contribution in [-0.4, -0.2) is 94.4 Å². The molecule has 1 rings (SSSR count). The largest absolute Gasteiger partial charge is 0.469 e. The smallest absolute Gasteiger partial charge is 0.305 e. The maximum absolute atomic E-state index is 12.4. The fourth-order valence-corrected chi connectivity index (χ4v) is 4.07. The highest BCUT2D eigenvalue weighted by Gasteiger charge is 2.27. The van der Waals surface area contributed by atoms with Crippen molar-refractivity contribution >= 4 is 45.9 Å². The molecule has 0 aromatic carbocycles. The third-order valence-electron chi connectivity index (χ3n) is 4.34. The second-order valence-corrected chi connectivity index (χ2v) is 8.98. The average Bonchev–Trinajstić information content (AvgIpc) is 2.66. The molecule has 1 fully saturated rings. The molecule has 0 unspecified atom stereocenters. The lowest BCUT2D eigenvalue weighted by atomic mass is 10.2. The fourth-order valence-electron chi connectivity index (χ4n) is 2.79. The summed E-state index contributed by atoms with van der Waals surface area (Å²) in [6.07, 6.45) is 1.96. The lowest BCUT2D eigenvalue weighted by Gasteiger charge is -2.36. The van der Waals surface area contributed by atoms with Crippen molar-refractivity contribution < 1.29 is 22.7 Å². The highest BCUT2D eigenvalue weighted by molar-refractivity contribution is 14.0. The van der Waals surface area contributed by atoms with Crippen LogP contribution < -0.4 is 5.32 Å². The topological polar surface area (TPSA) is 101 Å². The Morgan fingerprint density at radius 2 is 1.83 bits per heavy atom. The number of carbonyl (C=O) groups excluding carboxylic acids is 1. The van der Waals surface area contributed by atoms with Crippen molar-refractivity contribution in [1.29, 1.82) is 0 Å². The summed E-state index contributed by atoms with van der Waals surface area (Å²) in [5.74, 6) is 0.604. The van der Waals surface area contributed by atoms with Crippen LogP contribution in [0.3, 0.4) is 0 Å². The van der Waals surface area contributed by atoms with E-state index in [2.05, 4.69) is 19.9 Å². The van der Waals surface area contributed by atoms with Gasteiger partial charge in [0.2, 0.25) is 10.0 Å². The molecule has 29 heavy (non-hydrogen) atoms. The first-order valence-electron chi connectivity index (χ1n) is 9.99. The maximum Gasteiger partial charge on any atom is 0.305 e. The van der Waals surface area contributed by atoms with Crippen LogP contribution >= 0.6 is 24.0 Å². The minimum absolute atomic E-state index is 0. The molecule has 0 atom stereocenters. The Kier molecular flexibility index (Phi) is 14.8. The standard InChI is InChI=1S/C18H36N4O5S.HI/c1-5-19-18(20-9-7-6-8-17(23)26-4)21-10-12-22(13-11-21)28(24,25)15-14-27-16(2)3;/h16H,5-15H2,1-4H3,(H,19,20);1H. The zero-order valence-electron chi connectivity index (χ0n) is 18.1. The molecule has 0 spiro atoms. The van der Waals surface area contributed by atoms with Crippen molar-refractivity contribution in [2.24, 2.45) is 4.99 Å². The van der Waals surface area contributed by atoms with E-state index in [0.29, 0.717) is 39.1 Å². The van der Waals surface area contributed by atoms with Gasteiger partial charge in [0, 0.05) is 45.7 Å². The summed E-state index contributed by atoms with van der Waals surface area (Å²) in [4.78, 5) is 17.8. The van der Waals surface area contributed by atoms with E-state index in [1.807, 2.05) is 20.8 Å². The van der Waals surface area contributed by atoms with Gasteiger partial charge in [-0.1, -0.05) is 0 Å². The Morgan fingerprint density at radius 1 is 1.17 bits per heavy atom. The first-order valence-corrected chi connectivity index (χ1v) is 11.6. The minimum Gasteiger partial charge on any atom is -0.469 e. The van der Waals surface area contributed by atoms with E-state index < -0.39 is 10.0 Å². The molecule has 0 saturated carbocycles. The zero-order valence-corrected chi connectivity index (χ0v) is 21.2. The Balaban J connectivity index is 0.00000784. The van der Waals surface area contributed by atoms with Crippen molar-refractivity contribution in [3.05, 3.63) is 0 Å². The molecule has 1 saturated heterocycles. The van der Waals surface area contributed by atoms with Gasteiger partial charge in [-0.2, -0.15) is 4.31 Å². The molecule has 1 N–H and O–H groups in total. The summed E-state index contributed by atoms with van der Waals surface area (Å²) in [7, 11) is -1.91. The number of aliphatic imine (C=N–C) groups is 1. The van der Waals surface area contributed by atoms with E-state index >= 15 is 0 Å². The number of ether oxygens (including phenoxy) is 2. The number of hydrogen-bond acceptors (Lipinski definition) is 6. The average molecular weight is 548 g/mol. The molecule has 1 aliphatic heterocycles. The van der Waals surface area contributed by atoms with E-state index in [0.717, 1.165) is 25.3 Å². The molecule has 1 heterocycles. The number of sulfonamides is 1. The van der Waals surface area contributed by atoms with E-state index in [1.54, 1.807) is 0 Å². The van der Waals surface area contributed by atoms with Crippen molar-refractivity contribution in [3.63, 3.8) is 0 Å². The summed E-state index contributed by atoms with van der Waals surface area (Å²) in [5, 5.41) is 3.26. The maximum atomic E-state index is 12.4. The summed E-state index contributed by atoms with van der Waals surface area (Å²) < 4.78 is 36.4. The van der Waals surface area contributed by atoms with Crippen LogP contribution in [0, 0.1) is 0 Å². The van der Waals surface area contributed by atoms with Gasteiger partial charge in [-0.3, -0.25) is 9.79 Å². The minimum atomic E-state index is -3.30. The molecule has 0 aromatic heterocycles. The van der Waals surface area contributed by atoms with Gasteiger partial charge in [0.15, 0.2) is 5.96 Å². The quantitative estimate of drug-likeness (QED) is 0.137. The van der Waals surface area contributed by atoms with Gasteiger partial charge in [-0.05, 0) is 33.6 Å². The van der Waals surface area contributed by atoms with Gasteiger partial charge in [0.25, 0.3) is 0 Å². The van der Waals surface area contributed by atoms with E-state index in [-0.39, 0.29) is 48.4 Å². The van der Waals surface area contributed by atoms with Gasteiger partial charge in [0.1, 0.15) is 0 Å². The number of unbranched alkanes of at least 4 members (excludes halogenated alkanes) is 1. The first-order chi connectivity index (χ1) is 13.3. The zero-order chi connectivity index (χ0) is 21.0. The Labute approximate surface area is 192 Å². The second-order valence-electron chi connectivity index (χ2n) is 6.89. The third-order valence-corrected chi connectivity index (χ3v) is 6.17. The number of rotatable bonds is 11. The van der Waals surface area contributed by atoms with E-state index in [4.69, 9.17) is 4.74 Å². The highest BCUT2D eigenvalue weighted by Crippen LogP contribution is 2.09. The lowest BCUT2D eigenvalue weighted by Crippen LogP contribution is -2.54. The van der Waals surface area contributed by atoms with Crippen LogP contribution in [0.1, 0.15) is 40.0 Å². The van der Waals surface area contributed by atoms with Crippen molar-refractivity contribution in [2.75, 3.05) is 58.7 Å². The second kappa shape index (κ2) is 15.2. The van der Waals surface area contributed by atoms with Gasteiger partial charge in [0.05, 0.1) is 25.6 Å². The van der Waals surface area contributed by atoms with Crippen molar-refractivity contribution in [2.45, 2.75) is 46.1 Å². The van der Waals surface area contributed by atoms with Gasteiger partial charge in [-0.25, -0.2) is 8.42 Å². The molecule has 0 amide bonds. The number of methoxy groups -OCH3 is 1. The van der Waals surface area contributed by atoms with Crippen LogP contribution in [0.2, 0.25) is 0 Å². The van der Waals surface area contributed by atoms with Crippen molar-refractivity contribution in [1.82, 2.24) is 14.5 Å². The Bertz CT molecular complexity index is 593. The molecule has 9 nitrogen and oxygen atoms in total. The normalized spacial score (nSPS) is 15.9. The number of esters is 1. The SMILES string of the molecule is CCNC(=NCCCCC(=O)OC)N1CCN(S(=O)(=O)CCOC(C)C)CC1.I. The molecule has 0 aromatic rings. The summed E-state index contributed by atoms with van der Waals surface area (Å²) in [5.41, 5.74) is 0. The summed E-state index contributed by atoms with van der Waals surface area (Å²) >= 11 is 0. The molecule has 172 valence electrons. The van der Waals surface area contributed by atoms with Crippen LogP contribution in [0.4, 0.5) is 0 Å². The summed E-state index contributed by atoms with van der Waals surface area (Å²) in [6, 6.07) is 0. The Hall–Kier alpha value is -0.660. The number of hydrogen-bond donors (Lipinski definition) is 1. The number of halogens is 1. The molecule has 1 aliphatic rings. The number of guanidine groups is 1. The number of nitrogens with zero attached hydrogens (tertiary/aromatic N) is 3. The van der Waals surface area contributed by atoms with Crippen LogP contribution in [0.15, 0.2) is 4.99 Å². The molecular weight excluding hydrogens is 511 g/mol. The lowest BCUT2D eigenvalue weighted by molar-refractivity contribution is -0.140. The Morgan fingerprint density at radius 3 is 2.38 bits per heavy atom. The fraction of sp³-hybridized carbons (Fsp3) is 0.889. The number of piperazine rings is 1. The van der Waals surface area contributed by atoms with Gasteiger partial charge >= 0.3 is 5.97 Å². The molecule has 0 bridgehead atoms. The van der Waals surface area contributed by atoms with Gasteiger partial charge < -0.3 is 19.7 Å². The summed E-state index contributed by atoms with van der Waals surface area (Å²) in [6.45, 7) is 9.43. The number of carbonyl (C=O) groups is 1. The highest BCUT2D eigenvalue weighted by atomic mass is 127. The molecule has 0 radical (unpaired) electrons. The van der Waals surface area contributed by atoms with E-state index in [1.165, 1.54) is 11.4 Å². The third kappa shape index (κ3) is 11.3. The molecule has 0 aliphatic carbocycles. The van der Waals surface area contributed by atoms with Gasteiger partial charge in [-0.15, -0.1) is 24.0 Å². The van der Waals surface area contributed by atoms with Crippen molar-refractivity contribution in [3.8, 4) is 0 Å².